The topological polar surface area (TPSA) is 158 Å². The van der Waals surface area contributed by atoms with Crippen LogP contribution in [0.25, 0.3) is 0 Å². The number of nitrogens with two attached hydrogens (primary N) is 2. The zero-order chi connectivity index (χ0) is 31.0. The van der Waals surface area contributed by atoms with Gasteiger partial charge in [-0.2, -0.15) is 9.49 Å². The third-order valence-electron chi connectivity index (χ3n) is 7.08. The van der Waals surface area contributed by atoms with Gasteiger partial charge in [-0.25, -0.2) is 23.4 Å². The molecular formula is C26H38F5N9O2. The maximum Gasteiger partial charge on any atom is 0.266 e. The molecule has 2 aromatic heterocycles. The van der Waals surface area contributed by atoms with Crippen LogP contribution in [0, 0.1) is 17.8 Å². The van der Waals surface area contributed by atoms with Crippen molar-refractivity contribution in [2.45, 2.75) is 89.6 Å². The lowest BCUT2D eigenvalue weighted by molar-refractivity contribution is -0.118. The molecule has 2 aliphatic rings. The number of amidine groups is 1. The summed E-state index contributed by atoms with van der Waals surface area (Å²) in [7, 11) is 0. The molecule has 0 aliphatic heterocycles. The van der Waals surface area contributed by atoms with E-state index >= 15 is 0 Å². The number of hydrogen-bond donors (Lipinski definition) is 4. The minimum Gasteiger partial charge on any atom is -0.364 e. The Kier molecular flexibility index (Phi) is 11.4. The maximum absolute atomic E-state index is 14.3. The number of halogens is 5. The lowest BCUT2D eigenvalue weighted by atomic mass is 9.84. The van der Waals surface area contributed by atoms with Gasteiger partial charge in [-0.05, 0) is 57.4 Å². The molecule has 2 fully saturated rings. The van der Waals surface area contributed by atoms with Crippen LogP contribution in [0.2, 0.25) is 0 Å². The SMILES string of the molecule is CC(C)n1nccc1C(N)=O.NNC(=NCC1CC1)C(CC(F)F)n1cc(NC(=O)CC2CCC(F)(F)CC2)c(F)n1. The van der Waals surface area contributed by atoms with Crippen LogP contribution in [-0.4, -0.2) is 56.1 Å². The molecule has 0 saturated heterocycles. The fourth-order valence-corrected chi connectivity index (χ4v) is 4.59. The summed E-state index contributed by atoms with van der Waals surface area (Å²) in [5.41, 5.74) is 7.59. The van der Waals surface area contributed by atoms with Crippen LogP contribution in [-0.2, 0) is 4.79 Å². The summed E-state index contributed by atoms with van der Waals surface area (Å²) in [5, 5.41) is 9.93. The third kappa shape index (κ3) is 9.77. The quantitative estimate of drug-likeness (QED) is 0.0991. The molecule has 2 aliphatic carbocycles. The number of amides is 2. The van der Waals surface area contributed by atoms with Crippen molar-refractivity contribution < 1.29 is 31.5 Å². The summed E-state index contributed by atoms with van der Waals surface area (Å²) in [6, 6.07) is 0.652. The molecule has 1 atom stereocenters. The predicted octanol–water partition coefficient (Wildman–Crippen LogP) is 4.21. The lowest BCUT2D eigenvalue weighted by Crippen LogP contribution is -2.39. The Morgan fingerprint density at radius 1 is 1.17 bits per heavy atom. The Balaban J connectivity index is 0.000000369. The number of carbonyl (C=O) groups excluding carboxylic acids is 2. The summed E-state index contributed by atoms with van der Waals surface area (Å²) < 4.78 is 69.6. The van der Waals surface area contributed by atoms with E-state index in [9.17, 15) is 31.5 Å². The first-order valence-electron chi connectivity index (χ1n) is 13.8. The van der Waals surface area contributed by atoms with Gasteiger partial charge in [-0.1, -0.05) is 0 Å². The largest absolute Gasteiger partial charge is 0.364 e. The highest BCUT2D eigenvalue weighted by Gasteiger charge is 2.35. The number of aromatic nitrogens is 4. The van der Waals surface area contributed by atoms with Crippen LogP contribution >= 0.6 is 0 Å². The van der Waals surface area contributed by atoms with Crippen LogP contribution in [0.5, 0.6) is 0 Å². The maximum atomic E-state index is 14.3. The molecule has 0 bridgehead atoms. The Bertz CT molecular complexity index is 1220. The van der Waals surface area contributed by atoms with Crippen molar-refractivity contribution >= 4 is 23.3 Å². The van der Waals surface area contributed by atoms with Crippen molar-refractivity contribution in [3.63, 3.8) is 0 Å². The number of nitrogens with zero attached hydrogens (tertiary/aromatic N) is 5. The fourth-order valence-electron chi connectivity index (χ4n) is 4.59. The van der Waals surface area contributed by atoms with E-state index in [1.807, 2.05) is 13.8 Å². The van der Waals surface area contributed by atoms with Crippen molar-refractivity contribution in [2.75, 3.05) is 11.9 Å². The molecule has 2 heterocycles. The zero-order valence-electron chi connectivity index (χ0n) is 23.6. The molecule has 0 radical (unpaired) electrons. The number of primary amides is 1. The summed E-state index contributed by atoms with van der Waals surface area (Å²) >= 11 is 0. The zero-order valence-corrected chi connectivity index (χ0v) is 23.6. The molecular weight excluding hydrogens is 565 g/mol. The number of carbonyl (C=O) groups is 2. The van der Waals surface area contributed by atoms with E-state index in [1.165, 1.54) is 0 Å². The van der Waals surface area contributed by atoms with E-state index in [0.29, 0.717) is 18.2 Å². The number of hydrogen-bond acceptors (Lipinski definition) is 6. The number of anilines is 1. The first-order chi connectivity index (χ1) is 19.8. The van der Waals surface area contributed by atoms with E-state index in [4.69, 9.17) is 11.6 Å². The van der Waals surface area contributed by atoms with Gasteiger partial charge in [0.05, 0.1) is 6.20 Å². The van der Waals surface area contributed by atoms with Crippen molar-refractivity contribution in [3.05, 3.63) is 30.1 Å². The number of hydrazine groups is 1. The van der Waals surface area contributed by atoms with Gasteiger partial charge in [-0.15, -0.1) is 5.10 Å². The average molecular weight is 604 g/mol. The van der Waals surface area contributed by atoms with Gasteiger partial charge in [0.2, 0.25) is 18.3 Å². The Labute approximate surface area is 240 Å². The third-order valence-corrected chi connectivity index (χ3v) is 7.08. The van der Waals surface area contributed by atoms with Crippen molar-refractivity contribution in [2.24, 2.45) is 28.4 Å². The molecule has 16 heteroatoms. The Morgan fingerprint density at radius 2 is 1.83 bits per heavy atom. The molecule has 42 heavy (non-hydrogen) atoms. The minimum atomic E-state index is -2.72. The van der Waals surface area contributed by atoms with E-state index in [1.54, 1.807) is 16.9 Å². The summed E-state index contributed by atoms with van der Waals surface area (Å²) in [5.74, 6) is 0.967. The molecule has 0 aromatic carbocycles. The Hall–Kier alpha value is -3.56. The highest BCUT2D eigenvalue weighted by Crippen LogP contribution is 2.37. The predicted molar refractivity (Wildman–Crippen MR) is 145 cm³/mol. The highest BCUT2D eigenvalue weighted by atomic mass is 19.3. The van der Waals surface area contributed by atoms with Gasteiger partial charge in [0, 0.05) is 44.5 Å². The minimum absolute atomic E-state index is 0.0282. The molecule has 6 N–H and O–H groups in total. The second-order valence-electron chi connectivity index (χ2n) is 10.9. The monoisotopic (exact) mass is 603 g/mol. The van der Waals surface area contributed by atoms with Gasteiger partial charge in [0.15, 0.2) is 0 Å². The molecule has 4 rings (SSSR count). The van der Waals surface area contributed by atoms with Crippen LogP contribution in [0.4, 0.5) is 27.6 Å². The molecule has 2 amide bonds. The average Bonchev–Trinajstić information content (AvgIpc) is 3.46. The van der Waals surface area contributed by atoms with Gasteiger partial charge >= 0.3 is 0 Å². The van der Waals surface area contributed by atoms with Gasteiger partial charge < -0.3 is 16.5 Å². The fraction of sp³-hybridized carbons (Fsp3) is 0.654. The van der Waals surface area contributed by atoms with E-state index in [2.05, 4.69) is 25.9 Å². The standard InChI is InChI=1S/C19H27F5N6O.C7H11N3O/c20-15(21)8-14(18(28-25)26-9-12-1-2-12)30-10-13(17(22)29-30)27-16(31)7-11-3-5-19(23,24)6-4-11;1-5(2)10-6(7(8)11)3-4-9-10/h10-12,14-15H,1-9,25H2,(H,26,28)(H,27,31);3-5H,1-2H3,(H2,8,11). The highest BCUT2D eigenvalue weighted by molar-refractivity contribution is 5.91. The molecule has 234 valence electrons. The lowest BCUT2D eigenvalue weighted by Gasteiger charge is -2.27. The molecule has 1 unspecified atom stereocenters. The Morgan fingerprint density at radius 3 is 2.36 bits per heavy atom. The van der Waals surface area contributed by atoms with Crippen LogP contribution in [0.3, 0.4) is 0 Å². The van der Waals surface area contributed by atoms with E-state index < -0.39 is 42.6 Å². The van der Waals surface area contributed by atoms with Crippen LogP contribution in [0.15, 0.2) is 23.5 Å². The molecule has 0 spiro atoms. The van der Waals surface area contributed by atoms with Crippen LogP contribution < -0.4 is 22.3 Å². The number of nitrogens with one attached hydrogen (secondary N) is 2. The first-order valence-corrected chi connectivity index (χ1v) is 13.8. The van der Waals surface area contributed by atoms with Gasteiger partial charge in [0.25, 0.3) is 11.9 Å². The number of alkyl halides is 4. The normalized spacial score (nSPS) is 18.0. The van der Waals surface area contributed by atoms with Crippen molar-refractivity contribution in [1.29, 1.82) is 0 Å². The number of rotatable bonds is 11. The number of aliphatic imine (C=N–C) groups is 1. The smallest absolute Gasteiger partial charge is 0.266 e. The van der Waals surface area contributed by atoms with E-state index in [-0.39, 0.29) is 55.6 Å². The summed E-state index contributed by atoms with van der Waals surface area (Å²) in [4.78, 5) is 27.2. The summed E-state index contributed by atoms with van der Waals surface area (Å²) in [6.45, 7) is 4.31. The molecule has 2 aromatic rings. The van der Waals surface area contributed by atoms with E-state index in [0.717, 1.165) is 23.7 Å². The second kappa shape index (κ2) is 14.6. The molecule has 2 saturated carbocycles. The summed E-state index contributed by atoms with van der Waals surface area (Å²) in [6.07, 6.45) is 1.11. The second-order valence-corrected chi connectivity index (χ2v) is 10.9. The first kappa shape index (κ1) is 32.9. The van der Waals surface area contributed by atoms with Crippen molar-refractivity contribution in [3.8, 4) is 0 Å². The van der Waals surface area contributed by atoms with Crippen LogP contribution in [0.1, 0.15) is 87.8 Å². The molecule has 11 nitrogen and oxygen atoms in total. The van der Waals surface area contributed by atoms with Crippen molar-refractivity contribution in [1.82, 2.24) is 25.0 Å². The van der Waals surface area contributed by atoms with Gasteiger partial charge in [-0.3, -0.25) is 23.9 Å². The van der Waals surface area contributed by atoms with Gasteiger partial charge in [0.1, 0.15) is 23.3 Å².